The second-order valence-electron chi connectivity index (χ2n) is 5.01. The summed E-state index contributed by atoms with van der Waals surface area (Å²) in [5.74, 6) is -2.41. The second-order valence-corrected chi connectivity index (χ2v) is 5.93. The summed E-state index contributed by atoms with van der Waals surface area (Å²) in [6.45, 7) is 0. The highest BCUT2D eigenvalue weighted by atomic mass is 79.9. The third kappa shape index (κ3) is 4.77. The van der Waals surface area contributed by atoms with Crippen molar-refractivity contribution in [1.82, 2.24) is 0 Å². The second kappa shape index (κ2) is 7.88. The van der Waals surface area contributed by atoms with Gasteiger partial charge in [0.1, 0.15) is 11.6 Å². The molecule has 0 spiro atoms. The predicted octanol–water partition coefficient (Wildman–Crippen LogP) is 4.80. The van der Waals surface area contributed by atoms with Gasteiger partial charge in [0.05, 0.1) is 11.6 Å². The third-order valence-electron chi connectivity index (χ3n) is 3.14. The molecule has 0 radical (unpaired) electrons. The topological polar surface area (TPSA) is 70.3 Å². The van der Waals surface area contributed by atoms with E-state index in [1.807, 2.05) is 0 Å². The first-order chi connectivity index (χ1) is 11.4. The van der Waals surface area contributed by atoms with Gasteiger partial charge in [-0.1, -0.05) is 15.9 Å². The van der Waals surface area contributed by atoms with E-state index in [9.17, 15) is 13.6 Å². The summed E-state index contributed by atoms with van der Waals surface area (Å²) in [4.78, 5) is 10.6. The van der Waals surface area contributed by atoms with Gasteiger partial charge in [0.25, 0.3) is 0 Å². The van der Waals surface area contributed by atoms with Gasteiger partial charge in [0.15, 0.2) is 11.6 Å². The van der Waals surface area contributed by atoms with Crippen LogP contribution in [0.5, 0.6) is 11.5 Å². The van der Waals surface area contributed by atoms with E-state index in [-0.39, 0.29) is 29.9 Å². The summed E-state index contributed by atoms with van der Waals surface area (Å²) in [5.41, 5.74) is 0.501. The minimum absolute atomic E-state index is 0.00717. The van der Waals surface area contributed by atoms with Crippen molar-refractivity contribution in [3.8, 4) is 17.6 Å². The van der Waals surface area contributed by atoms with Crippen LogP contribution in [0, 0.1) is 23.0 Å². The number of aliphatic carboxylic acids is 1. The van der Waals surface area contributed by atoms with E-state index >= 15 is 0 Å². The largest absolute Gasteiger partial charge is 0.481 e. The number of carboxylic acids is 1. The molecule has 0 aliphatic carbocycles. The number of halogens is 3. The maximum atomic E-state index is 14.2. The molecule has 0 aliphatic rings. The first kappa shape index (κ1) is 17.9. The number of rotatable bonds is 6. The molecule has 0 unspecified atom stereocenters. The minimum atomic E-state index is -0.947. The van der Waals surface area contributed by atoms with E-state index in [1.54, 1.807) is 12.1 Å². The van der Waals surface area contributed by atoms with Crippen molar-refractivity contribution >= 4 is 21.9 Å². The Labute approximate surface area is 145 Å². The Morgan fingerprint density at radius 3 is 2.67 bits per heavy atom. The highest BCUT2D eigenvalue weighted by Gasteiger charge is 2.14. The van der Waals surface area contributed by atoms with E-state index in [0.29, 0.717) is 16.5 Å². The van der Waals surface area contributed by atoms with Crippen LogP contribution in [0.15, 0.2) is 34.8 Å². The van der Waals surface area contributed by atoms with Gasteiger partial charge in [-0.3, -0.25) is 4.79 Å². The van der Waals surface area contributed by atoms with Crippen molar-refractivity contribution in [3.05, 3.63) is 57.6 Å². The van der Waals surface area contributed by atoms with Crippen LogP contribution in [0.3, 0.4) is 0 Å². The fourth-order valence-corrected chi connectivity index (χ4v) is 2.63. The van der Waals surface area contributed by atoms with Crippen LogP contribution >= 0.6 is 15.9 Å². The molecule has 2 aromatic carbocycles. The summed E-state index contributed by atoms with van der Waals surface area (Å²) in [7, 11) is 0. The van der Waals surface area contributed by atoms with Gasteiger partial charge >= 0.3 is 5.97 Å². The van der Waals surface area contributed by atoms with Crippen molar-refractivity contribution in [2.75, 3.05) is 0 Å². The number of benzene rings is 2. The zero-order chi connectivity index (χ0) is 17.7. The zero-order valence-corrected chi connectivity index (χ0v) is 13.9. The number of hydrogen-bond donors (Lipinski definition) is 1. The molecule has 0 aromatic heterocycles. The van der Waals surface area contributed by atoms with E-state index in [1.165, 1.54) is 12.1 Å². The number of nitrogens with zero attached hydrogens (tertiary/aromatic N) is 1. The van der Waals surface area contributed by atoms with Gasteiger partial charge in [-0.25, -0.2) is 8.78 Å². The predicted molar refractivity (Wildman–Crippen MR) is 85.9 cm³/mol. The number of hydrogen-bond acceptors (Lipinski definition) is 3. The Hall–Kier alpha value is -2.46. The minimum Gasteiger partial charge on any atom is -0.481 e. The molecule has 0 aliphatic heterocycles. The third-order valence-corrected chi connectivity index (χ3v) is 3.60. The van der Waals surface area contributed by atoms with Gasteiger partial charge in [0, 0.05) is 17.0 Å². The number of nitriles is 1. The van der Waals surface area contributed by atoms with Crippen LogP contribution in [0.1, 0.15) is 24.0 Å². The molecule has 4 nitrogen and oxygen atoms in total. The molecule has 24 heavy (non-hydrogen) atoms. The van der Waals surface area contributed by atoms with E-state index in [2.05, 4.69) is 15.9 Å². The van der Waals surface area contributed by atoms with Crippen LogP contribution < -0.4 is 4.74 Å². The summed E-state index contributed by atoms with van der Waals surface area (Å²) >= 11 is 3.17. The number of carboxylic acid groups (broad SMARTS) is 1. The van der Waals surface area contributed by atoms with E-state index < -0.39 is 17.6 Å². The Morgan fingerprint density at radius 1 is 1.25 bits per heavy atom. The maximum Gasteiger partial charge on any atom is 0.303 e. The van der Waals surface area contributed by atoms with Gasteiger partial charge in [-0.2, -0.15) is 5.26 Å². The lowest BCUT2D eigenvalue weighted by Crippen LogP contribution is -2.00. The lowest BCUT2D eigenvalue weighted by atomic mass is 10.1. The first-order valence-corrected chi connectivity index (χ1v) is 7.76. The number of carbonyl (C=O) groups is 1. The SMILES string of the molecule is N#Cc1cc(F)cc(Oc2c(F)cc(Br)cc2CCCC(=O)O)c1. The highest BCUT2D eigenvalue weighted by Crippen LogP contribution is 2.33. The molecule has 124 valence electrons. The van der Waals surface area contributed by atoms with E-state index in [0.717, 1.165) is 12.1 Å². The highest BCUT2D eigenvalue weighted by molar-refractivity contribution is 9.10. The fourth-order valence-electron chi connectivity index (χ4n) is 2.15. The average Bonchev–Trinajstić information content (AvgIpc) is 2.49. The van der Waals surface area contributed by atoms with Gasteiger partial charge in [0.2, 0.25) is 0 Å². The summed E-state index contributed by atoms with van der Waals surface area (Å²) in [5, 5.41) is 17.6. The van der Waals surface area contributed by atoms with Crippen LogP contribution in [0.4, 0.5) is 8.78 Å². The molecule has 2 aromatic rings. The van der Waals surface area contributed by atoms with Crippen molar-refractivity contribution in [1.29, 1.82) is 5.26 Å². The van der Waals surface area contributed by atoms with Crippen molar-refractivity contribution in [2.24, 2.45) is 0 Å². The normalized spacial score (nSPS) is 10.2. The first-order valence-electron chi connectivity index (χ1n) is 6.97. The summed E-state index contributed by atoms with van der Waals surface area (Å²) in [6, 6.07) is 7.99. The van der Waals surface area contributed by atoms with Crippen LogP contribution in [0.25, 0.3) is 0 Å². The quantitative estimate of drug-likeness (QED) is 0.762. The van der Waals surface area contributed by atoms with Gasteiger partial charge in [-0.15, -0.1) is 0 Å². The van der Waals surface area contributed by atoms with Crippen LogP contribution in [0.2, 0.25) is 0 Å². The molecule has 0 saturated carbocycles. The lowest BCUT2D eigenvalue weighted by Gasteiger charge is -2.13. The smallest absolute Gasteiger partial charge is 0.303 e. The van der Waals surface area contributed by atoms with Gasteiger partial charge < -0.3 is 9.84 Å². The Balaban J connectivity index is 2.33. The molecule has 0 amide bonds. The molecule has 0 atom stereocenters. The Bertz CT molecular complexity index is 818. The van der Waals surface area contributed by atoms with Gasteiger partial charge in [-0.05, 0) is 42.7 Å². The van der Waals surface area contributed by atoms with Crippen molar-refractivity contribution in [3.63, 3.8) is 0 Å². The zero-order valence-electron chi connectivity index (χ0n) is 12.4. The molecule has 2 rings (SSSR count). The summed E-state index contributed by atoms with van der Waals surface area (Å²) in [6.07, 6.45) is 0.513. The molecular formula is C17H12BrF2NO3. The maximum absolute atomic E-state index is 14.2. The van der Waals surface area contributed by atoms with Crippen LogP contribution in [-0.4, -0.2) is 11.1 Å². The Morgan fingerprint density at radius 2 is 2.00 bits per heavy atom. The standard InChI is InChI=1S/C17H12BrF2NO3/c18-12-6-11(2-1-3-16(22)23)17(15(20)7-12)24-14-5-10(9-21)4-13(19)8-14/h4-8H,1-3H2,(H,22,23). The number of ether oxygens (including phenoxy) is 1. The molecule has 0 saturated heterocycles. The fraction of sp³-hybridized carbons (Fsp3) is 0.176. The molecule has 0 bridgehead atoms. The molecular weight excluding hydrogens is 384 g/mol. The lowest BCUT2D eigenvalue weighted by molar-refractivity contribution is -0.137. The van der Waals surface area contributed by atoms with Crippen molar-refractivity contribution in [2.45, 2.75) is 19.3 Å². The average molecular weight is 396 g/mol. The molecule has 0 fully saturated rings. The molecule has 0 heterocycles. The molecule has 7 heteroatoms. The van der Waals surface area contributed by atoms with Crippen molar-refractivity contribution < 1.29 is 23.4 Å². The van der Waals surface area contributed by atoms with E-state index in [4.69, 9.17) is 15.1 Å². The molecule has 1 N–H and O–H groups in total. The monoisotopic (exact) mass is 395 g/mol. The Kier molecular flexibility index (Phi) is 5.88. The van der Waals surface area contributed by atoms with Crippen LogP contribution in [-0.2, 0) is 11.2 Å². The number of aryl methyl sites for hydroxylation is 1. The summed E-state index contributed by atoms with van der Waals surface area (Å²) < 4.78 is 33.6.